The van der Waals surface area contributed by atoms with Gasteiger partial charge in [-0.1, -0.05) is 20.8 Å². The smallest absolute Gasteiger partial charge is 0.332 e. The molecule has 0 aliphatic heterocycles. The molecule has 0 amide bonds. The molecular formula is C14H26N4O3. The van der Waals surface area contributed by atoms with Crippen molar-refractivity contribution in [3.63, 3.8) is 0 Å². The largest absolute Gasteiger partial charge is 0.388 e. The molecule has 1 rings (SSSR count). The lowest BCUT2D eigenvalue weighted by Crippen LogP contribution is -2.43. The Morgan fingerprint density at radius 1 is 1.38 bits per heavy atom. The van der Waals surface area contributed by atoms with Gasteiger partial charge in [-0.2, -0.15) is 0 Å². The zero-order chi connectivity index (χ0) is 16.4. The van der Waals surface area contributed by atoms with E-state index >= 15 is 0 Å². The van der Waals surface area contributed by atoms with Crippen LogP contribution < -0.4 is 22.3 Å². The maximum Gasteiger partial charge on any atom is 0.332 e. The van der Waals surface area contributed by atoms with Gasteiger partial charge in [0.1, 0.15) is 11.5 Å². The predicted octanol–water partition coefficient (Wildman–Crippen LogP) is 0.358. The minimum atomic E-state index is -0.948. The number of hydrogen-bond acceptors (Lipinski definition) is 5. The van der Waals surface area contributed by atoms with Crippen molar-refractivity contribution in [2.45, 2.75) is 46.3 Å². The molecule has 4 N–H and O–H groups in total. The Morgan fingerprint density at radius 3 is 2.43 bits per heavy atom. The highest BCUT2D eigenvalue weighted by molar-refractivity contribution is 5.60. The van der Waals surface area contributed by atoms with Crippen LogP contribution in [0.1, 0.15) is 34.1 Å². The average molecular weight is 298 g/mol. The molecule has 120 valence electrons. The van der Waals surface area contributed by atoms with Gasteiger partial charge < -0.3 is 16.2 Å². The number of nitrogens with two attached hydrogens (primary N) is 1. The molecule has 7 heteroatoms. The highest BCUT2D eigenvalue weighted by Crippen LogP contribution is 2.15. The van der Waals surface area contributed by atoms with Gasteiger partial charge in [0.2, 0.25) is 0 Å². The fourth-order valence-electron chi connectivity index (χ4n) is 1.89. The van der Waals surface area contributed by atoms with Crippen LogP contribution in [-0.2, 0) is 13.6 Å². The monoisotopic (exact) mass is 298 g/mol. The summed E-state index contributed by atoms with van der Waals surface area (Å²) in [5.41, 5.74) is 4.28. The molecule has 1 atom stereocenters. The minimum absolute atomic E-state index is 0.115. The van der Waals surface area contributed by atoms with Crippen LogP contribution >= 0.6 is 0 Å². The van der Waals surface area contributed by atoms with Crippen molar-refractivity contribution in [2.75, 3.05) is 17.6 Å². The van der Waals surface area contributed by atoms with Crippen molar-refractivity contribution >= 4 is 11.5 Å². The predicted molar refractivity (Wildman–Crippen MR) is 84.6 cm³/mol. The van der Waals surface area contributed by atoms with E-state index in [0.29, 0.717) is 13.0 Å². The lowest BCUT2D eigenvalue weighted by Gasteiger charge is -2.23. The molecule has 1 heterocycles. The first-order valence-corrected chi connectivity index (χ1v) is 7.16. The molecule has 21 heavy (non-hydrogen) atoms. The second kappa shape index (κ2) is 6.34. The fourth-order valence-corrected chi connectivity index (χ4v) is 1.89. The first-order chi connectivity index (χ1) is 9.60. The summed E-state index contributed by atoms with van der Waals surface area (Å²) in [7, 11) is 1.42. The molecule has 0 saturated heterocycles. The summed E-state index contributed by atoms with van der Waals surface area (Å²) in [4.78, 5) is 24.3. The van der Waals surface area contributed by atoms with E-state index in [0.717, 1.165) is 4.57 Å². The topological polar surface area (TPSA) is 102 Å². The molecule has 1 aromatic rings. The van der Waals surface area contributed by atoms with Crippen LogP contribution in [0.15, 0.2) is 9.59 Å². The summed E-state index contributed by atoms with van der Waals surface area (Å²) in [5, 5.41) is 12.9. The third kappa shape index (κ3) is 3.87. The van der Waals surface area contributed by atoms with Gasteiger partial charge in [0, 0.05) is 20.1 Å². The third-order valence-electron chi connectivity index (χ3n) is 3.54. The van der Waals surface area contributed by atoms with Gasteiger partial charge in [-0.05, 0) is 19.3 Å². The van der Waals surface area contributed by atoms with Crippen molar-refractivity contribution in [1.29, 1.82) is 0 Å². The van der Waals surface area contributed by atoms with Gasteiger partial charge in [-0.3, -0.25) is 13.9 Å². The number of aliphatic hydroxyl groups is 1. The normalized spacial score (nSPS) is 14.2. The zero-order valence-corrected chi connectivity index (χ0v) is 13.4. The Kier molecular flexibility index (Phi) is 5.22. The van der Waals surface area contributed by atoms with E-state index < -0.39 is 16.9 Å². The maximum atomic E-state index is 12.2. The summed E-state index contributed by atoms with van der Waals surface area (Å²) in [6.07, 6.45) is 0.534. The van der Waals surface area contributed by atoms with Crippen molar-refractivity contribution < 1.29 is 5.11 Å². The van der Waals surface area contributed by atoms with Crippen LogP contribution in [0.4, 0.5) is 11.5 Å². The van der Waals surface area contributed by atoms with Crippen molar-refractivity contribution in [3.8, 4) is 0 Å². The van der Waals surface area contributed by atoms with Crippen LogP contribution in [-0.4, -0.2) is 26.4 Å². The van der Waals surface area contributed by atoms with Gasteiger partial charge in [0.15, 0.2) is 0 Å². The summed E-state index contributed by atoms with van der Waals surface area (Å²) in [6, 6.07) is 0. The quantitative estimate of drug-likeness (QED) is 0.703. The molecule has 0 aliphatic rings. The Morgan fingerprint density at radius 2 is 1.95 bits per heavy atom. The van der Waals surface area contributed by atoms with Crippen LogP contribution in [0.5, 0.6) is 0 Å². The first kappa shape index (κ1) is 17.3. The van der Waals surface area contributed by atoms with E-state index in [1.54, 1.807) is 6.92 Å². The van der Waals surface area contributed by atoms with Crippen LogP contribution in [0.3, 0.4) is 0 Å². The SMILES string of the molecule is CCC(C)(O)CNc1c(N)n(CC(C)C)c(=O)n(C)c1=O. The lowest BCUT2D eigenvalue weighted by atomic mass is 10.0. The number of rotatable bonds is 6. The molecule has 0 aromatic carbocycles. The molecule has 0 saturated carbocycles. The minimum Gasteiger partial charge on any atom is -0.388 e. The van der Waals surface area contributed by atoms with Crippen molar-refractivity contribution in [1.82, 2.24) is 9.13 Å². The van der Waals surface area contributed by atoms with Crippen molar-refractivity contribution in [3.05, 3.63) is 20.8 Å². The summed E-state index contributed by atoms with van der Waals surface area (Å²) in [6.45, 7) is 8.06. The highest BCUT2D eigenvalue weighted by Gasteiger charge is 2.21. The molecule has 7 nitrogen and oxygen atoms in total. The van der Waals surface area contributed by atoms with Crippen molar-refractivity contribution in [2.24, 2.45) is 13.0 Å². The number of aromatic nitrogens is 2. The lowest BCUT2D eigenvalue weighted by molar-refractivity contribution is 0.0697. The summed E-state index contributed by atoms with van der Waals surface area (Å²) in [5.74, 6) is 0.331. The number of hydrogen-bond donors (Lipinski definition) is 3. The average Bonchev–Trinajstić information content (AvgIpc) is 2.41. The third-order valence-corrected chi connectivity index (χ3v) is 3.54. The second-order valence-electron chi connectivity index (χ2n) is 6.12. The highest BCUT2D eigenvalue weighted by atomic mass is 16.3. The Hall–Kier alpha value is -1.76. The fraction of sp³-hybridized carbons (Fsp3) is 0.714. The zero-order valence-electron chi connectivity index (χ0n) is 13.4. The van der Waals surface area contributed by atoms with E-state index in [1.807, 2.05) is 20.8 Å². The van der Waals surface area contributed by atoms with Gasteiger partial charge in [-0.25, -0.2) is 4.79 Å². The van der Waals surface area contributed by atoms with Gasteiger partial charge >= 0.3 is 5.69 Å². The molecule has 0 radical (unpaired) electrons. The molecule has 1 unspecified atom stereocenters. The summed E-state index contributed by atoms with van der Waals surface area (Å²) >= 11 is 0. The second-order valence-corrected chi connectivity index (χ2v) is 6.12. The van der Waals surface area contributed by atoms with E-state index in [1.165, 1.54) is 11.6 Å². The Balaban J connectivity index is 3.29. The van der Waals surface area contributed by atoms with E-state index in [9.17, 15) is 14.7 Å². The Labute approximate surface area is 124 Å². The van der Waals surface area contributed by atoms with Gasteiger partial charge in [0.25, 0.3) is 5.56 Å². The van der Waals surface area contributed by atoms with E-state index in [2.05, 4.69) is 5.32 Å². The molecular weight excluding hydrogens is 272 g/mol. The standard InChI is InChI=1S/C14H26N4O3/c1-6-14(4,21)8-16-10-11(15)18(7-9(2)3)13(20)17(5)12(10)19/h9,16,21H,6-8,15H2,1-5H3. The van der Waals surface area contributed by atoms with Gasteiger partial charge in [-0.15, -0.1) is 0 Å². The molecule has 0 aliphatic carbocycles. The molecule has 0 spiro atoms. The van der Waals surface area contributed by atoms with Crippen LogP contribution in [0.2, 0.25) is 0 Å². The summed E-state index contributed by atoms with van der Waals surface area (Å²) < 4.78 is 2.41. The van der Waals surface area contributed by atoms with E-state index in [4.69, 9.17) is 5.73 Å². The number of nitrogens with one attached hydrogen (secondary N) is 1. The number of anilines is 2. The maximum absolute atomic E-state index is 12.2. The number of nitrogens with zero attached hydrogens (tertiary/aromatic N) is 2. The Bertz CT molecular complexity index is 614. The molecule has 1 aromatic heterocycles. The molecule has 0 fully saturated rings. The first-order valence-electron chi connectivity index (χ1n) is 7.16. The van der Waals surface area contributed by atoms with Gasteiger partial charge in [0.05, 0.1) is 5.60 Å². The van der Waals surface area contributed by atoms with Crippen LogP contribution in [0.25, 0.3) is 0 Å². The number of nitrogen functional groups attached to an aromatic ring is 1. The molecule has 0 bridgehead atoms. The van der Waals surface area contributed by atoms with E-state index in [-0.39, 0.29) is 24.0 Å². The van der Waals surface area contributed by atoms with Crippen LogP contribution in [0, 0.1) is 5.92 Å².